The number of Topliss-reactive ketones (excluding diaryl/α,β-unsaturated/α-hetero) is 1. The first-order valence-corrected chi connectivity index (χ1v) is 14.8. The highest BCUT2D eigenvalue weighted by molar-refractivity contribution is 8.00. The Morgan fingerprint density at radius 3 is 2.59 bits per heavy atom. The Bertz CT molecular complexity index is 1630. The maximum atomic E-state index is 12.7. The highest BCUT2D eigenvalue weighted by Gasteiger charge is 2.25. The van der Waals surface area contributed by atoms with Crippen LogP contribution >= 0.6 is 34.9 Å². The van der Waals surface area contributed by atoms with E-state index in [1.807, 2.05) is 22.6 Å². The van der Waals surface area contributed by atoms with Crippen LogP contribution in [-0.2, 0) is 23.4 Å². The van der Waals surface area contributed by atoms with Gasteiger partial charge in [0, 0.05) is 21.9 Å². The SMILES string of the molecule is CC(=O)c1ccc(NC(=O)CSc2nnc3c4c5c(sc4nc(SCc4ccccc4)n23)CCC5)cc1. The van der Waals surface area contributed by atoms with E-state index < -0.39 is 0 Å². The molecule has 186 valence electrons. The van der Waals surface area contributed by atoms with Gasteiger partial charge in [-0.25, -0.2) is 9.38 Å². The second-order valence-electron chi connectivity index (χ2n) is 8.82. The van der Waals surface area contributed by atoms with E-state index in [1.54, 1.807) is 47.4 Å². The lowest BCUT2D eigenvalue weighted by Gasteiger charge is -2.09. The number of nitrogens with zero attached hydrogens (tertiary/aromatic N) is 4. The van der Waals surface area contributed by atoms with Gasteiger partial charge in [-0.1, -0.05) is 53.9 Å². The largest absolute Gasteiger partial charge is 0.325 e. The molecule has 0 atom stereocenters. The molecular weight excluding hydrogens is 523 g/mol. The number of ketones is 1. The molecule has 0 radical (unpaired) electrons. The van der Waals surface area contributed by atoms with Gasteiger partial charge in [0.25, 0.3) is 0 Å². The van der Waals surface area contributed by atoms with Gasteiger partial charge < -0.3 is 5.32 Å². The quantitative estimate of drug-likeness (QED) is 0.144. The van der Waals surface area contributed by atoms with Crippen LogP contribution in [0.25, 0.3) is 15.9 Å². The number of nitrogens with one attached hydrogen (secondary N) is 1. The van der Waals surface area contributed by atoms with Crippen LogP contribution in [0, 0.1) is 0 Å². The smallest absolute Gasteiger partial charge is 0.234 e. The molecule has 2 aromatic carbocycles. The predicted molar refractivity (Wildman–Crippen MR) is 150 cm³/mol. The number of benzene rings is 2. The summed E-state index contributed by atoms with van der Waals surface area (Å²) in [4.78, 5) is 31.7. The molecule has 0 fully saturated rings. The Hall–Kier alpha value is -3.21. The molecule has 37 heavy (non-hydrogen) atoms. The van der Waals surface area contributed by atoms with E-state index >= 15 is 0 Å². The molecule has 0 spiro atoms. The standard InChI is InChI=1S/C27H23N5O2S3/c1-16(33)18-10-12-19(13-11-18)28-22(34)15-36-27-31-30-24-23-20-8-5-9-21(20)37-25(23)29-26(32(24)27)35-14-17-6-3-2-4-7-17/h2-4,6-7,10-13H,5,8-9,14-15H2,1H3,(H,28,34). The molecule has 5 aromatic rings. The second kappa shape index (κ2) is 10.3. The lowest BCUT2D eigenvalue weighted by Crippen LogP contribution is -2.14. The van der Waals surface area contributed by atoms with Gasteiger partial charge in [0.15, 0.2) is 21.7 Å². The third-order valence-electron chi connectivity index (χ3n) is 6.27. The highest BCUT2D eigenvalue weighted by Crippen LogP contribution is 2.40. The third-order valence-corrected chi connectivity index (χ3v) is 9.39. The fraction of sp³-hybridized carbons (Fsp3) is 0.222. The lowest BCUT2D eigenvalue weighted by atomic mass is 10.1. The summed E-state index contributed by atoms with van der Waals surface area (Å²) in [6.45, 7) is 1.52. The van der Waals surface area contributed by atoms with Crippen molar-refractivity contribution in [2.24, 2.45) is 0 Å². The molecular formula is C27H23N5O2S3. The fourth-order valence-electron chi connectivity index (χ4n) is 4.47. The van der Waals surface area contributed by atoms with Crippen LogP contribution in [-0.4, -0.2) is 37.0 Å². The van der Waals surface area contributed by atoms with Crippen molar-refractivity contribution in [2.45, 2.75) is 42.3 Å². The van der Waals surface area contributed by atoms with Gasteiger partial charge in [-0.2, -0.15) is 0 Å². The van der Waals surface area contributed by atoms with Crippen molar-refractivity contribution < 1.29 is 9.59 Å². The molecule has 7 nitrogen and oxygen atoms in total. The number of carbonyl (C=O) groups is 2. The average molecular weight is 546 g/mol. The van der Waals surface area contributed by atoms with Gasteiger partial charge in [-0.3, -0.25) is 9.59 Å². The maximum absolute atomic E-state index is 12.7. The van der Waals surface area contributed by atoms with Gasteiger partial charge in [0.2, 0.25) is 5.91 Å². The van der Waals surface area contributed by atoms with Gasteiger partial charge >= 0.3 is 0 Å². The summed E-state index contributed by atoms with van der Waals surface area (Å²) in [5.74, 6) is 0.796. The molecule has 0 saturated carbocycles. The van der Waals surface area contributed by atoms with Crippen molar-refractivity contribution in [2.75, 3.05) is 11.1 Å². The Morgan fingerprint density at radius 1 is 1.00 bits per heavy atom. The molecule has 0 unspecified atom stereocenters. The van der Waals surface area contributed by atoms with Crippen LogP contribution in [0.15, 0.2) is 64.9 Å². The minimum Gasteiger partial charge on any atom is -0.325 e. The minimum atomic E-state index is -0.152. The normalized spacial score (nSPS) is 12.8. The van der Waals surface area contributed by atoms with Crippen LogP contribution in [0.4, 0.5) is 5.69 Å². The summed E-state index contributed by atoms with van der Waals surface area (Å²) in [5.41, 5.74) is 4.66. The van der Waals surface area contributed by atoms with Crippen LogP contribution in [0.5, 0.6) is 0 Å². The molecule has 3 aromatic heterocycles. The number of carbonyl (C=O) groups excluding carboxylic acids is 2. The zero-order valence-electron chi connectivity index (χ0n) is 20.1. The van der Waals surface area contributed by atoms with Crippen molar-refractivity contribution in [3.05, 3.63) is 76.2 Å². The zero-order chi connectivity index (χ0) is 25.4. The van der Waals surface area contributed by atoms with Gasteiger partial charge in [0.1, 0.15) is 4.83 Å². The van der Waals surface area contributed by atoms with E-state index in [0.717, 1.165) is 46.0 Å². The maximum Gasteiger partial charge on any atom is 0.234 e. The number of hydrogen-bond acceptors (Lipinski definition) is 8. The zero-order valence-corrected chi connectivity index (χ0v) is 22.5. The Labute approximate surface area is 226 Å². The Balaban J connectivity index is 1.28. The van der Waals surface area contributed by atoms with E-state index in [4.69, 9.17) is 4.98 Å². The van der Waals surface area contributed by atoms with E-state index in [-0.39, 0.29) is 17.4 Å². The molecule has 1 aliphatic carbocycles. The van der Waals surface area contributed by atoms with Crippen LogP contribution in [0.2, 0.25) is 0 Å². The minimum absolute atomic E-state index is 0.00737. The number of anilines is 1. The number of thiophene rings is 1. The van der Waals surface area contributed by atoms with Crippen molar-refractivity contribution in [3.8, 4) is 0 Å². The molecule has 3 heterocycles. The average Bonchev–Trinajstić information content (AvgIpc) is 3.61. The summed E-state index contributed by atoms with van der Waals surface area (Å²) in [6.07, 6.45) is 3.30. The summed E-state index contributed by atoms with van der Waals surface area (Å²) in [7, 11) is 0. The summed E-state index contributed by atoms with van der Waals surface area (Å²) in [6, 6.07) is 17.2. The number of fused-ring (bicyclic) bond motifs is 5. The van der Waals surface area contributed by atoms with Crippen molar-refractivity contribution >= 4 is 68.1 Å². The van der Waals surface area contributed by atoms with Gasteiger partial charge in [0.05, 0.1) is 11.1 Å². The van der Waals surface area contributed by atoms with Crippen LogP contribution in [0.3, 0.4) is 0 Å². The number of amides is 1. The molecule has 1 N–H and O–H groups in total. The molecule has 1 amide bonds. The molecule has 0 bridgehead atoms. The first-order valence-electron chi connectivity index (χ1n) is 12.0. The number of aryl methyl sites for hydroxylation is 2. The highest BCUT2D eigenvalue weighted by atomic mass is 32.2. The van der Waals surface area contributed by atoms with Gasteiger partial charge in [-0.05, 0) is 61.6 Å². The molecule has 0 aliphatic heterocycles. The lowest BCUT2D eigenvalue weighted by molar-refractivity contribution is -0.113. The first-order chi connectivity index (χ1) is 18.1. The van der Waals surface area contributed by atoms with Crippen molar-refractivity contribution in [3.63, 3.8) is 0 Å². The Morgan fingerprint density at radius 2 is 1.81 bits per heavy atom. The topological polar surface area (TPSA) is 89.2 Å². The summed E-state index contributed by atoms with van der Waals surface area (Å²) >= 11 is 4.77. The van der Waals surface area contributed by atoms with E-state index in [1.165, 1.54) is 34.7 Å². The number of rotatable bonds is 8. The molecule has 1 aliphatic rings. The molecule has 10 heteroatoms. The molecule has 6 rings (SSSR count). The predicted octanol–water partition coefficient (Wildman–Crippen LogP) is 6.05. The summed E-state index contributed by atoms with van der Waals surface area (Å²) < 4.78 is 2.01. The fourth-order valence-corrected chi connectivity index (χ4v) is 7.52. The van der Waals surface area contributed by atoms with Crippen LogP contribution < -0.4 is 5.32 Å². The van der Waals surface area contributed by atoms with E-state index in [9.17, 15) is 9.59 Å². The number of aromatic nitrogens is 4. The van der Waals surface area contributed by atoms with Crippen molar-refractivity contribution in [1.82, 2.24) is 19.6 Å². The van der Waals surface area contributed by atoms with Crippen LogP contribution in [0.1, 0.15) is 39.7 Å². The third kappa shape index (κ3) is 4.88. The number of thioether (sulfide) groups is 2. The summed E-state index contributed by atoms with van der Waals surface area (Å²) in [5, 5.41) is 14.6. The van der Waals surface area contributed by atoms with E-state index in [0.29, 0.717) is 16.4 Å². The number of hydrogen-bond donors (Lipinski definition) is 1. The molecule has 0 saturated heterocycles. The van der Waals surface area contributed by atoms with Gasteiger partial charge in [-0.15, -0.1) is 21.5 Å². The Kier molecular flexibility index (Phi) is 6.71. The van der Waals surface area contributed by atoms with E-state index in [2.05, 4.69) is 27.6 Å². The monoisotopic (exact) mass is 545 g/mol. The first kappa shape index (κ1) is 24.1. The van der Waals surface area contributed by atoms with Crippen molar-refractivity contribution in [1.29, 1.82) is 0 Å². The second-order valence-corrected chi connectivity index (χ2v) is 11.8.